The molecule has 0 saturated carbocycles. The minimum atomic E-state index is -4.01. The molecule has 108 valence electrons. The van der Waals surface area contributed by atoms with Gasteiger partial charge in [0.1, 0.15) is 0 Å². The van der Waals surface area contributed by atoms with E-state index in [0.717, 1.165) is 11.9 Å². The van der Waals surface area contributed by atoms with Crippen molar-refractivity contribution >= 4 is 15.9 Å². The van der Waals surface area contributed by atoms with E-state index < -0.39 is 12.1 Å². The smallest absolute Gasteiger partial charge is 0.303 e. The third-order valence-electron chi connectivity index (χ3n) is 3.94. The lowest BCUT2D eigenvalue weighted by Crippen LogP contribution is -2.43. The first-order valence-corrected chi connectivity index (χ1v) is 7.61. The van der Waals surface area contributed by atoms with Crippen LogP contribution in [0.1, 0.15) is 33.6 Å². The van der Waals surface area contributed by atoms with Crippen molar-refractivity contribution in [2.75, 3.05) is 25.0 Å². The molecule has 1 heterocycles. The van der Waals surface area contributed by atoms with Crippen LogP contribution in [0.4, 0.5) is 13.2 Å². The summed E-state index contributed by atoms with van der Waals surface area (Å²) >= 11 is 3.52. The molecular formula is C13H23BrF3N. The molecule has 1 rings (SSSR count). The summed E-state index contributed by atoms with van der Waals surface area (Å²) in [5.41, 5.74) is 0.185. The molecule has 1 aliphatic heterocycles. The predicted molar refractivity (Wildman–Crippen MR) is 72.0 cm³/mol. The van der Waals surface area contributed by atoms with Gasteiger partial charge in [-0.3, -0.25) is 0 Å². The first-order valence-electron chi connectivity index (χ1n) is 6.49. The normalized spacial score (nSPS) is 22.2. The zero-order valence-corrected chi connectivity index (χ0v) is 12.9. The van der Waals surface area contributed by atoms with Crippen molar-refractivity contribution in [1.82, 2.24) is 4.90 Å². The van der Waals surface area contributed by atoms with E-state index in [0.29, 0.717) is 19.0 Å². The van der Waals surface area contributed by atoms with Gasteiger partial charge in [-0.25, -0.2) is 0 Å². The molecule has 0 radical (unpaired) electrons. The van der Waals surface area contributed by atoms with Crippen LogP contribution in [0.15, 0.2) is 0 Å². The quantitative estimate of drug-likeness (QED) is 0.697. The minimum Gasteiger partial charge on any atom is -0.303 e. The number of hydrogen-bond acceptors (Lipinski definition) is 1. The molecule has 1 aliphatic rings. The summed E-state index contributed by atoms with van der Waals surface area (Å²) < 4.78 is 37.7. The van der Waals surface area contributed by atoms with E-state index in [1.165, 1.54) is 0 Å². The Morgan fingerprint density at radius 1 is 1.17 bits per heavy atom. The van der Waals surface area contributed by atoms with E-state index in [9.17, 15) is 13.2 Å². The van der Waals surface area contributed by atoms with E-state index >= 15 is 0 Å². The van der Waals surface area contributed by atoms with Gasteiger partial charge in [0.05, 0.1) is 5.92 Å². The molecule has 0 N–H and O–H groups in total. The summed E-state index contributed by atoms with van der Waals surface area (Å²) in [5.74, 6) is -0.620. The standard InChI is InChI=1S/C13H23BrF3N/c1-12(2,3)11(8-14)9-18-6-4-10(5-7-18)13(15,16)17/h10-11H,4-9H2,1-3H3. The van der Waals surface area contributed by atoms with Crippen molar-refractivity contribution in [3.8, 4) is 0 Å². The zero-order chi connectivity index (χ0) is 14.0. The van der Waals surface area contributed by atoms with E-state index in [2.05, 4.69) is 41.6 Å². The topological polar surface area (TPSA) is 3.24 Å². The van der Waals surface area contributed by atoms with Crippen molar-refractivity contribution in [1.29, 1.82) is 0 Å². The maximum atomic E-state index is 12.6. The molecule has 0 amide bonds. The maximum Gasteiger partial charge on any atom is 0.391 e. The van der Waals surface area contributed by atoms with Crippen molar-refractivity contribution in [3.63, 3.8) is 0 Å². The number of alkyl halides is 4. The molecule has 0 aromatic heterocycles. The predicted octanol–water partition coefficient (Wildman–Crippen LogP) is 4.32. The Morgan fingerprint density at radius 3 is 2.00 bits per heavy atom. The average Bonchev–Trinajstić information content (AvgIpc) is 2.23. The molecular weight excluding hydrogens is 307 g/mol. The average molecular weight is 330 g/mol. The molecule has 1 fully saturated rings. The van der Waals surface area contributed by atoms with Crippen molar-refractivity contribution < 1.29 is 13.2 Å². The summed E-state index contributed by atoms with van der Waals surface area (Å²) in [5, 5.41) is 0.899. The zero-order valence-electron chi connectivity index (χ0n) is 11.4. The van der Waals surface area contributed by atoms with Gasteiger partial charge >= 0.3 is 6.18 Å². The number of hydrogen-bond donors (Lipinski definition) is 0. The van der Waals surface area contributed by atoms with E-state index in [1.807, 2.05) is 0 Å². The van der Waals surface area contributed by atoms with Crippen LogP contribution in [-0.2, 0) is 0 Å². The minimum absolute atomic E-state index is 0.185. The van der Waals surface area contributed by atoms with Crippen LogP contribution in [0.25, 0.3) is 0 Å². The van der Waals surface area contributed by atoms with Gasteiger partial charge in [-0.1, -0.05) is 36.7 Å². The van der Waals surface area contributed by atoms with E-state index in [4.69, 9.17) is 0 Å². The maximum absolute atomic E-state index is 12.6. The van der Waals surface area contributed by atoms with Gasteiger partial charge in [0, 0.05) is 11.9 Å². The summed E-state index contributed by atoms with van der Waals surface area (Å²) in [7, 11) is 0. The molecule has 0 bridgehead atoms. The van der Waals surface area contributed by atoms with Crippen LogP contribution in [0.5, 0.6) is 0 Å². The summed E-state index contributed by atoms with van der Waals surface area (Å²) in [6.45, 7) is 8.58. The van der Waals surface area contributed by atoms with Crippen molar-refractivity contribution in [2.45, 2.75) is 39.8 Å². The van der Waals surface area contributed by atoms with Crippen LogP contribution in [0.3, 0.4) is 0 Å². The van der Waals surface area contributed by atoms with Crippen LogP contribution in [0, 0.1) is 17.3 Å². The van der Waals surface area contributed by atoms with Gasteiger partial charge in [-0.2, -0.15) is 13.2 Å². The molecule has 5 heteroatoms. The molecule has 1 unspecified atom stereocenters. The van der Waals surface area contributed by atoms with Crippen LogP contribution in [-0.4, -0.2) is 36.0 Å². The van der Waals surface area contributed by atoms with Gasteiger partial charge in [-0.15, -0.1) is 0 Å². The number of piperidine rings is 1. The van der Waals surface area contributed by atoms with Gasteiger partial charge in [0.15, 0.2) is 0 Å². The highest BCUT2D eigenvalue weighted by molar-refractivity contribution is 9.09. The monoisotopic (exact) mass is 329 g/mol. The Balaban J connectivity index is 2.44. The number of likely N-dealkylation sites (tertiary alicyclic amines) is 1. The fourth-order valence-corrected chi connectivity index (χ4v) is 3.48. The molecule has 0 aromatic carbocycles. The fourth-order valence-electron chi connectivity index (χ4n) is 2.31. The molecule has 0 aromatic rings. The Labute approximate surface area is 116 Å². The molecule has 0 spiro atoms. The highest BCUT2D eigenvalue weighted by Crippen LogP contribution is 2.35. The van der Waals surface area contributed by atoms with Crippen molar-refractivity contribution in [2.24, 2.45) is 17.3 Å². The van der Waals surface area contributed by atoms with Gasteiger partial charge in [0.25, 0.3) is 0 Å². The molecule has 1 nitrogen and oxygen atoms in total. The lowest BCUT2D eigenvalue weighted by Gasteiger charge is -2.38. The van der Waals surface area contributed by atoms with Crippen LogP contribution >= 0.6 is 15.9 Å². The summed E-state index contributed by atoms with van der Waals surface area (Å²) in [4.78, 5) is 2.18. The number of halogens is 4. The summed E-state index contributed by atoms with van der Waals surface area (Å²) in [6.07, 6.45) is -3.50. The fraction of sp³-hybridized carbons (Fsp3) is 1.00. The van der Waals surface area contributed by atoms with E-state index in [-0.39, 0.29) is 18.3 Å². The number of nitrogens with zero attached hydrogens (tertiary/aromatic N) is 1. The second-order valence-corrected chi connectivity index (χ2v) is 6.98. The largest absolute Gasteiger partial charge is 0.391 e. The van der Waals surface area contributed by atoms with Gasteiger partial charge in [0.2, 0.25) is 0 Å². The van der Waals surface area contributed by atoms with Gasteiger partial charge < -0.3 is 4.90 Å². The third kappa shape index (κ3) is 4.72. The Bertz CT molecular complexity index is 252. The lowest BCUT2D eigenvalue weighted by atomic mass is 9.81. The first-order chi connectivity index (χ1) is 8.14. The number of rotatable bonds is 3. The lowest BCUT2D eigenvalue weighted by molar-refractivity contribution is -0.185. The second-order valence-electron chi connectivity index (χ2n) is 6.33. The van der Waals surface area contributed by atoms with Crippen LogP contribution < -0.4 is 0 Å². The first kappa shape index (κ1) is 16.3. The van der Waals surface area contributed by atoms with Gasteiger partial charge in [-0.05, 0) is 37.3 Å². The van der Waals surface area contributed by atoms with Crippen LogP contribution in [0.2, 0.25) is 0 Å². The highest BCUT2D eigenvalue weighted by atomic mass is 79.9. The van der Waals surface area contributed by atoms with Crippen molar-refractivity contribution in [3.05, 3.63) is 0 Å². The Hall–Kier alpha value is 0.230. The molecule has 1 atom stereocenters. The van der Waals surface area contributed by atoms with E-state index in [1.54, 1.807) is 0 Å². The summed E-state index contributed by atoms with van der Waals surface area (Å²) in [6, 6.07) is 0. The molecule has 1 saturated heterocycles. The molecule has 0 aliphatic carbocycles. The third-order valence-corrected chi connectivity index (χ3v) is 4.72. The Morgan fingerprint density at radius 2 is 1.67 bits per heavy atom. The SMILES string of the molecule is CC(C)(C)C(CBr)CN1CCC(C(F)(F)F)CC1. The second kappa shape index (κ2) is 6.12. The highest BCUT2D eigenvalue weighted by Gasteiger charge is 2.41. The Kier molecular flexibility index (Phi) is 5.54. The molecule has 18 heavy (non-hydrogen) atoms.